The van der Waals surface area contributed by atoms with Crippen molar-refractivity contribution in [1.29, 1.82) is 0 Å². The highest BCUT2D eigenvalue weighted by atomic mass is 35.5. The van der Waals surface area contributed by atoms with Gasteiger partial charge in [-0.25, -0.2) is 10.2 Å². The Labute approximate surface area is 211 Å². The van der Waals surface area contributed by atoms with Crippen LogP contribution in [0.5, 0.6) is 11.5 Å². The maximum absolute atomic E-state index is 12.5. The zero-order valence-corrected chi connectivity index (χ0v) is 21.1. The number of carbonyl (C=O) groups excluding carboxylic acids is 1. The molecule has 3 rings (SSSR count). The van der Waals surface area contributed by atoms with Crippen LogP contribution in [0.15, 0.2) is 78.4 Å². The van der Waals surface area contributed by atoms with Gasteiger partial charge in [-0.05, 0) is 79.4 Å². The normalized spacial score (nSPS) is 11.2. The molecule has 0 radical (unpaired) electrons. The SMILES string of the molecule is C=C(C)c1cccc(C(C)(C)NC(=O)NN=Cc2ccc(OCc3ccc(Cl)cc3)c(OC)c2)c1. The number of methoxy groups -OCH3 is 1. The summed E-state index contributed by atoms with van der Waals surface area (Å²) in [6.45, 7) is 10.2. The monoisotopic (exact) mass is 491 g/mol. The summed E-state index contributed by atoms with van der Waals surface area (Å²) < 4.78 is 11.3. The number of hydrogen-bond donors (Lipinski definition) is 2. The van der Waals surface area contributed by atoms with Crippen LogP contribution in [0, 0.1) is 0 Å². The van der Waals surface area contributed by atoms with Gasteiger partial charge in [0.05, 0.1) is 18.9 Å². The van der Waals surface area contributed by atoms with Gasteiger partial charge in [-0.2, -0.15) is 5.10 Å². The topological polar surface area (TPSA) is 72.0 Å². The molecule has 0 saturated carbocycles. The van der Waals surface area contributed by atoms with Gasteiger partial charge in [-0.3, -0.25) is 0 Å². The Morgan fingerprint density at radius 3 is 2.51 bits per heavy atom. The number of rotatable bonds is 9. The number of amides is 2. The molecule has 0 fully saturated rings. The van der Waals surface area contributed by atoms with Crippen LogP contribution in [-0.4, -0.2) is 19.4 Å². The Hall–Kier alpha value is -3.77. The predicted molar refractivity (Wildman–Crippen MR) is 142 cm³/mol. The van der Waals surface area contributed by atoms with Gasteiger partial charge in [0.25, 0.3) is 0 Å². The lowest BCUT2D eigenvalue weighted by Crippen LogP contribution is -2.45. The van der Waals surface area contributed by atoms with E-state index in [4.69, 9.17) is 21.1 Å². The van der Waals surface area contributed by atoms with Gasteiger partial charge in [0.2, 0.25) is 0 Å². The molecule has 7 heteroatoms. The van der Waals surface area contributed by atoms with Crippen molar-refractivity contribution in [2.45, 2.75) is 32.9 Å². The molecule has 0 aliphatic heterocycles. The summed E-state index contributed by atoms with van der Waals surface area (Å²) in [5.41, 5.74) is 6.62. The quantitative estimate of drug-likeness (QED) is 0.264. The first-order valence-electron chi connectivity index (χ1n) is 11.1. The lowest BCUT2D eigenvalue weighted by Gasteiger charge is -2.27. The maximum Gasteiger partial charge on any atom is 0.335 e. The molecule has 35 heavy (non-hydrogen) atoms. The van der Waals surface area contributed by atoms with Gasteiger partial charge in [0, 0.05) is 5.02 Å². The average molecular weight is 492 g/mol. The molecule has 3 aromatic carbocycles. The number of allylic oxidation sites excluding steroid dienone is 1. The second kappa shape index (κ2) is 11.6. The highest BCUT2D eigenvalue weighted by molar-refractivity contribution is 6.30. The van der Waals surface area contributed by atoms with Crippen molar-refractivity contribution in [3.63, 3.8) is 0 Å². The van der Waals surface area contributed by atoms with Crippen LogP contribution in [0.3, 0.4) is 0 Å². The van der Waals surface area contributed by atoms with Crippen molar-refractivity contribution in [1.82, 2.24) is 10.7 Å². The Balaban J connectivity index is 1.59. The van der Waals surface area contributed by atoms with Gasteiger partial charge < -0.3 is 14.8 Å². The molecule has 0 heterocycles. The predicted octanol–water partition coefficient (Wildman–Crippen LogP) is 6.53. The molecule has 2 amide bonds. The summed E-state index contributed by atoms with van der Waals surface area (Å²) in [7, 11) is 1.57. The second-order valence-electron chi connectivity index (χ2n) is 8.64. The zero-order valence-electron chi connectivity index (χ0n) is 20.4. The molecule has 0 aromatic heterocycles. The fourth-order valence-electron chi connectivity index (χ4n) is 3.35. The van der Waals surface area contributed by atoms with Crippen LogP contribution in [0.25, 0.3) is 5.57 Å². The molecule has 0 aliphatic carbocycles. The minimum atomic E-state index is -0.600. The molecule has 0 spiro atoms. The van der Waals surface area contributed by atoms with Crippen LogP contribution < -0.4 is 20.2 Å². The van der Waals surface area contributed by atoms with Gasteiger partial charge >= 0.3 is 6.03 Å². The van der Waals surface area contributed by atoms with Crippen LogP contribution in [0.4, 0.5) is 4.79 Å². The summed E-state index contributed by atoms with van der Waals surface area (Å²) in [5, 5.41) is 7.69. The van der Waals surface area contributed by atoms with E-state index in [2.05, 4.69) is 22.4 Å². The maximum atomic E-state index is 12.5. The molecule has 182 valence electrons. The lowest BCUT2D eigenvalue weighted by molar-refractivity contribution is 0.230. The largest absolute Gasteiger partial charge is 0.493 e. The summed E-state index contributed by atoms with van der Waals surface area (Å²) >= 11 is 5.92. The molecule has 0 saturated heterocycles. The molecular weight excluding hydrogens is 462 g/mol. The van der Waals surface area contributed by atoms with E-state index in [1.54, 1.807) is 25.5 Å². The number of nitrogens with zero attached hydrogens (tertiary/aromatic N) is 1. The molecule has 2 N–H and O–H groups in total. The number of carbonyl (C=O) groups is 1. The lowest BCUT2D eigenvalue weighted by atomic mass is 9.92. The molecule has 0 unspecified atom stereocenters. The van der Waals surface area contributed by atoms with Gasteiger partial charge in [0.15, 0.2) is 11.5 Å². The summed E-state index contributed by atoms with van der Waals surface area (Å²) in [6.07, 6.45) is 1.54. The van der Waals surface area contributed by atoms with E-state index in [9.17, 15) is 4.79 Å². The van der Waals surface area contributed by atoms with Crippen molar-refractivity contribution in [3.05, 3.63) is 101 Å². The van der Waals surface area contributed by atoms with E-state index in [0.29, 0.717) is 23.1 Å². The number of halogens is 1. The molecule has 0 aliphatic rings. The summed E-state index contributed by atoms with van der Waals surface area (Å²) in [6, 6.07) is 20.4. The Bertz CT molecular complexity index is 1220. The van der Waals surface area contributed by atoms with Crippen LogP contribution >= 0.6 is 11.6 Å². The first-order valence-corrected chi connectivity index (χ1v) is 11.5. The van der Waals surface area contributed by atoms with Gasteiger partial charge in [-0.1, -0.05) is 54.1 Å². The molecule has 0 bridgehead atoms. The van der Waals surface area contributed by atoms with Crippen LogP contribution in [0.2, 0.25) is 5.02 Å². The zero-order chi connectivity index (χ0) is 25.4. The van der Waals surface area contributed by atoms with Crippen LogP contribution in [0.1, 0.15) is 43.0 Å². The average Bonchev–Trinajstić information content (AvgIpc) is 2.83. The van der Waals surface area contributed by atoms with Crippen molar-refractivity contribution in [2.75, 3.05) is 7.11 Å². The number of benzene rings is 3. The molecule has 3 aromatic rings. The Morgan fingerprint density at radius 2 is 1.83 bits per heavy atom. The molecule has 0 atom stereocenters. The first-order chi connectivity index (χ1) is 16.7. The van der Waals surface area contributed by atoms with Crippen molar-refractivity contribution >= 4 is 29.4 Å². The van der Waals surface area contributed by atoms with Crippen molar-refractivity contribution < 1.29 is 14.3 Å². The van der Waals surface area contributed by atoms with E-state index < -0.39 is 11.6 Å². The minimum Gasteiger partial charge on any atom is -0.493 e. The first kappa shape index (κ1) is 25.8. The Kier molecular flexibility index (Phi) is 8.55. The van der Waals surface area contributed by atoms with E-state index in [1.807, 2.05) is 75.4 Å². The van der Waals surface area contributed by atoms with Gasteiger partial charge in [-0.15, -0.1) is 0 Å². The second-order valence-corrected chi connectivity index (χ2v) is 9.07. The number of hydrogen-bond acceptors (Lipinski definition) is 4. The summed E-state index contributed by atoms with van der Waals surface area (Å²) in [5.74, 6) is 1.16. The number of ether oxygens (including phenoxy) is 2. The van der Waals surface area contributed by atoms with Crippen LogP contribution in [-0.2, 0) is 12.1 Å². The third kappa shape index (κ3) is 7.36. The van der Waals surface area contributed by atoms with Crippen molar-refractivity contribution in [3.8, 4) is 11.5 Å². The molecular formula is C28H30ClN3O3. The standard InChI is InChI=1S/C28H30ClN3O3/c1-19(2)22-7-6-8-23(16-22)28(3,4)31-27(33)32-30-17-21-11-14-25(26(15-21)34-5)35-18-20-9-12-24(29)13-10-20/h6-17H,1,18H2,2-5H3,(H2,31,32,33). The number of urea groups is 1. The van der Waals surface area contributed by atoms with E-state index in [0.717, 1.165) is 27.8 Å². The van der Waals surface area contributed by atoms with E-state index >= 15 is 0 Å². The van der Waals surface area contributed by atoms with Crippen molar-refractivity contribution in [2.24, 2.45) is 5.10 Å². The van der Waals surface area contributed by atoms with E-state index in [-0.39, 0.29) is 0 Å². The summed E-state index contributed by atoms with van der Waals surface area (Å²) in [4.78, 5) is 12.5. The third-order valence-corrected chi connectivity index (χ3v) is 5.63. The minimum absolute atomic E-state index is 0.383. The Morgan fingerprint density at radius 1 is 1.09 bits per heavy atom. The smallest absolute Gasteiger partial charge is 0.335 e. The van der Waals surface area contributed by atoms with E-state index in [1.165, 1.54) is 0 Å². The fraction of sp³-hybridized carbons (Fsp3) is 0.214. The number of hydrazone groups is 1. The number of nitrogens with one attached hydrogen (secondary N) is 2. The highest BCUT2D eigenvalue weighted by Crippen LogP contribution is 2.28. The third-order valence-electron chi connectivity index (χ3n) is 5.38. The molecule has 6 nitrogen and oxygen atoms in total. The highest BCUT2D eigenvalue weighted by Gasteiger charge is 2.23. The fourth-order valence-corrected chi connectivity index (χ4v) is 3.47. The van der Waals surface area contributed by atoms with Gasteiger partial charge in [0.1, 0.15) is 6.61 Å².